The van der Waals surface area contributed by atoms with Crippen molar-refractivity contribution in [2.24, 2.45) is 0 Å². The summed E-state index contributed by atoms with van der Waals surface area (Å²) in [5.41, 5.74) is 4.62. The Labute approximate surface area is 171 Å². The van der Waals surface area contributed by atoms with Crippen LogP contribution in [0.15, 0.2) is 24.3 Å². The maximum Gasteiger partial charge on any atom is 0.194 e. The lowest BCUT2D eigenvalue weighted by Gasteiger charge is -2.25. The summed E-state index contributed by atoms with van der Waals surface area (Å²) in [5.74, 6) is -0.365. The molecule has 1 saturated heterocycles. The zero-order chi connectivity index (χ0) is 19.8. The van der Waals surface area contributed by atoms with Gasteiger partial charge in [-0.15, -0.1) is 0 Å². The first-order valence-corrected chi connectivity index (χ1v) is 10.3. The molecule has 0 radical (unpaired) electrons. The van der Waals surface area contributed by atoms with Gasteiger partial charge >= 0.3 is 0 Å². The Balaban J connectivity index is 1.72. The van der Waals surface area contributed by atoms with Crippen molar-refractivity contribution in [1.82, 2.24) is 0 Å². The van der Waals surface area contributed by atoms with Crippen LogP contribution in [0.1, 0.15) is 68.5 Å². The van der Waals surface area contributed by atoms with E-state index in [0.29, 0.717) is 39.8 Å². The Bertz CT molecular complexity index is 1060. The molecule has 0 aromatic heterocycles. The van der Waals surface area contributed by atoms with Crippen LogP contribution in [0, 0.1) is 0 Å². The molecule has 2 unspecified atom stereocenters. The average molecular weight is 443 g/mol. The number of ether oxygens (including phenoxy) is 3. The van der Waals surface area contributed by atoms with Gasteiger partial charge in [0.15, 0.2) is 17.4 Å². The number of methoxy groups -OCH3 is 1. The highest BCUT2D eigenvalue weighted by molar-refractivity contribution is 9.08. The van der Waals surface area contributed by atoms with Crippen molar-refractivity contribution in [3.05, 3.63) is 63.2 Å². The van der Waals surface area contributed by atoms with Gasteiger partial charge in [0.05, 0.1) is 13.2 Å². The minimum Gasteiger partial charge on any atom is -0.497 e. The molecule has 0 saturated carbocycles. The van der Waals surface area contributed by atoms with E-state index in [4.69, 9.17) is 14.2 Å². The number of fused-ring (bicyclic) bond motifs is 6. The number of benzene rings is 2. The number of carbonyl (C=O) groups is 2. The molecule has 144 valence electrons. The molecular formula is C22H19BrO5. The quantitative estimate of drug-likeness (QED) is 0.558. The number of rotatable bonds is 2. The molecule has 2 aromatic carbocycles. The number of hydrogen-bond donors (Lipinski definition) is 0. The Kier molecular flexibility index (Phi) is 3.86. The summed E-state index contributed by atoms with van der Waals surface area (Å²) in [6.07, 6.45) is 0.203. The van der Waals surface area contributed by atoms with Gasteiger partial charge in [0.1, 0.15) is 11.9 Å². The lowest BCUT2D eigenvalue weighted by atomic mass is 9.79. The molecule has 28 heavy (non-hydrogen) atoms. The van der Waals surface area contributed by atoms with Crippen molar-refractivity contribution in [2.75, 3.05) is 7.11 Å². The van der Waals surface area contributed by atoms with Crippen molar-refractivity contribution in [1.29, 1.82) is 0 Å². The normalized spacial score (nSPS) is 23.9. The van der Waals surface area contributed by atoms with Gasteiger partial charge in [0.2, 0.25) is 0 Å². The third-order valence-electron chi connectivity index (χ3n) is 5.77. The van der Waals surface area contributed by atoms with Crippen LogP contribution >= 0.6 is 15.9 Å². The summed E-state index contributed by atoms with van der Waals surface area (Å²) in [6, 6.07) is 6.87. The number of carbonyl (C=O) groups excluding carboxylic acids is 2. The average Bonchev–Trinajstić information content (AvgIpc) is 3.16. The number of alkyl halides is 1. The first-order valence-electron chi connectivity index (χ1n) is 9.22. The Morgan fingerprint density at radius 3 is 2.61 bits per heavy atom. The van der Waals surface area contributed by atoms with Gasteiger partial charge in [-0.25, -0.2) is 0 Å². The summed E-state index contributed by atoms with van der Waals surface area (Å²) >= 11 is 3.54. The van der Waals surface area contributed by atoms with Gasteiger partial charge in [-0.1, -0.05) is 15.9 Å². The Hall–Kier alpha value is -2.02. The van der Waals surface area contributed by atoms with Crippen molar-refractivity contribution < 1.29 is 23.8 Å². The summed E-state index contributed by atoms with van der Waals surface area (Å²) in [6.45, 7) is 3.80. The van der Waals surface area contributed by atoms with E-state index in [2.05, 4.69) is 15.9 Å². The third-order valence-corrected chi connectivity index (χ3v) is 6.37. The lowest BCUT2D eigenvalue weighted by Crippen LogP contribution is -2.26. The molecule has 2 aliphatic carbocycles. The minimum absolute atomic E-state index is 0.121. The van der Waals surface area contributed by atoms with Gasteiger partial charge in [-0.05, 0) is 54.8 Å². The topological polar surface area (TPSA) is 61.8 Å². The smallest absolute Gasteiger partial charge is 0.194 e. The maximum absolute atomic E-state index is 13.4. The van der Waals surface area contributed by atoms with Crippen molar-refractivity contribution in [2.45, 2.75) is 43.6 Å². The molecule has 0 bridgehead atoms. The summed E-state index contributed by atoms with van der Waals surface area (Å²) in [5, 5.41) is 0.571. The summed E-state index contributed by atoms with van der Waals surface area (Å²) in [7, 11) is 1.54. The van der Waals surface area contributed by atoms with Gasteiger partial charge in [-0.2, -0.15) is 0 Å². The number of hydrogen-bond acceptors (Lipinski definition) is 5. The zero-order valence-electron chi connectivity index (χ0n) is 15.8. The zero-order valence-corrected chi connectivity index (χ0v) is 17.4. The fraction of sp³-hybridized carbons (Fsp3) is 0.364. The Morgan fingerprint density at radius 1 is 1.11 bits per heavy atom. The van der Waals surface area contributed by atoms with E-state index in [0.717, 1.165) is 16.7 Å². The van der Waals surface area contributed by atoms with E-state index in [9.17, 15) is 9.59 Å². The molecular weight excluding hydrogens is 424 g/mol. The SMILES string of the molecule is COc1ccc2c(c1)C(=O)c1cc(CBr)c3c(c1C2=O)CC1OC(C)(C)OC31. The minimum atomic E-state index is -0.657. The van der Waals surface area contributed by atoms with Crippen LogP contribution in [0.3, 0.4) is 0 Å². The third kappa shape index (κ3) is 2.38. The van der Waals surface area contributed by atoms with E-state index in [1.54, 1.807) is 25.3 Å². The van der Waals surface area contributed by atoms with Gasteiger partial charge in [0, 0.05) is 34.0 Å². The lowest BCUT2D eigenvalue weighted by molar-refractivity contribution is -0.148. The summed E-state index contributed by atoms with van der Waals surface area (Å²) in [4.78, 5) is 26.6. The Morgan fingerprint density at radius 2 is 1.89 bits per heavy atom. The number of ketones is 2. The molecule has 0 N–H and O–H groups in total. The predicted octanol–water partition coefficient (Wildman–Crippen LogP) is 4.11. The maximum atomic E-state index is 13.4. The second-order valence-corrected chi connectivity index (χ2v) is 8.41. The summed E-state index contributed by atoms with van der Waals surface area (Å²) < 4.78 is 17.4. The predicted molar refractivity (Wildman–Crippen MR) is 105 cm³/mol. The van der Waals surface area contributed by atoms with E-state index in [1.165, 1.54) is 0 Å². The number of halogens is 1. The van der Waals surface area contributed by atoms with Crippen LogP contribution in [-0.4, -0.2) is 30.6 Å². The van der Waals surface area contributed by atoms with Crippen LogP contribution in [0.2, 0.25) is 0 Å². The molecule has 2 aromatic rings. The molecule has 1 fully saturated rings. The van der Waals surface area contributed by atoms with E-state index < -0.39 is 5.79 Å². The van der Waals surface area contributed by atoms with E-state index in [-0.39, 0.29) is 23.8 Å². The van der Waals surface area contributed by atoms with Crippen molar-refractivity contribution in [3.63, 3.8) is 0 Å². The first kappa shape index (κ1) is 18.0. The monoisotopic (exact) mass is 442 g/mol. The largest absolute Gasteiger partial charge is 0.497 e. The second kappa shape index (κ2) is 5.99. The molecule has 6 heteroatoms. The van der Waals surface area contributed by atoms with Gasteiger partial charge in [-0.3, -0.25) is 9.59 Å². The fourth-order valence-electron chi connectivity index (χ4n) is 4.68. The van der Waals surface area contributed by atoms with E-state index >= 15 is 0 Å². The molecule has 1 aliphatic heterocycles. The first-order chi connectivity index (χ1) is 13.3. The van der Waals surface area contributed by atoms with Crippen LogP contribution < -0.4 is 4.74 Å². The van der Waals surface area contributed by atoms with Crippen LogP contribution in [0.25, 0.3) is 0 Å². The molecule has 0 spiro atoms. The highest BCUT2D eigenvalue weighted by atomic mass is 79.9. The van der Waals surface area contributed by atoms with Crippen molar-refractivity contribution >= 4 is 27.5 Å². The fourth-order valence-corrected chi connectivity index (χ4v) is 5.14. The molecule has 1 heterocycles. The van der Waals surface area contributed by atoms with Crippen LogP contribution in [0.4, 0.5) is 0 Å². The van der Waals surface area contributed by atoms with Gasteiger partial charge < -0.3 is 14.2 Å². The molecule has 3 aliphatic rings. The second-order valence-electron chi connectivity index (χ2n) is 7.85. The molecule has 5 rings (SSSR count). The van der Waals surface area contributed by atoms with Crippen LogP contribution in [-0.2, 0) is 21.2 Å². The van der Waals surface area contributed by atoms with Crippen LogP contribution in [0.5, 0.6) is 5.75 Å². The van der Waals surface area contributed by atoms with Crippen molar-refractivity contribution in [3.8, 4) is 5.75 Å². The molecule has 0 amide bonds. The molecule has 5 nitrogen and oxygen atoms in total. The molecule has 2 atom stereocenters. The van der Waals surface area contributed by atoms with Gasteiger partial charge in [0.25, 0.3) is 0 Å². The van der Waals surface area contributed by atoms with E-state index in [1.807, 2.05) is 19.9 Å². The highest BCUT2D eigenvalue weighted by Gasteiger charge is 2.50. The standard InChI is InChI=1S/C22H19BrO5/c1-22(2)27-16-8-14-17(21(16)28-22)10(9-23)6-15-18(14)20(25)12-5-4-11(26-3)7-13(12)19(15)24/h4-7,16,21H,8-9H2,1-3H3. The highest BCUT2D eigenvalue weighted by Crippen LogP contribution is 2.50.